The van der Waals surface area contributed by atoms with Gasteiger partial charge >= 0.3 is 0 Å². The molecule has 0 amide bonds. The average molecular weight is 325 g/mol. The lowest BCUT2D eigenvalue weighted by Crippen LogP contribution is -2.52. The number of hydrogen-bond acceptors (Lipinski definition) is 6. The SMILES string of the molecule is Cc1ccc(C2=CS/C(=C(/C#N)C3=CCN(C)C(N)N3)N2)cc1. The second-order valence-corrected chi connectivity index (χ2v) is 6.48. The Morgan fingerprint density at radius 3 is 2.78 bits per heavy atom. The van der Waals surface area contributed by atoms with Gasteiger partial charge in [0.25, 0.3) is 0 Å². The third-order valence-corrected chi connectivity index (χ3v) is 4.77. The molecule has 1 atom stereocenters. The number of aryl methyl sites for hydroxylation is 1. The molecule has 5 nitrogen and oxygen atoms in total. The third-order valence-electron chi connectivity index (χ3n) is 3.88. The molecule has 3 rings (SSSR count). The van der Waals surface area contributed by atoms with Gasteiger partial charge in [-0.25, -0.2) is 0 Å². The van der Waals surface area contributed by atoms with E-state index in [-0.39, 0.29) is 6.29 Å². The lowest BCUT2D eigenvalue weighted by Gasteiger charge is -2.31. The van der Waals surface area contributed by atoms with Crippen LogP contribution in [-0.4, -0.2) is 24.8 Å². The molecule has 1 aromatic rings. The highest BCUT2D eigenvalue weighted by atomic mass is 32.2. The van der Waals surface area contributed by atoms with Crippen LogP contribution in [-0.2, 0) is 0 Å². The van der Waals surface area contributed by atoms with Crippen LogP contribution < -0.4 is 16.4 Å². The first-order valence-corrected chi connectivity index (χ1v) is 8.24. The van der Waals surface area contributed by atoms with Crippen molar-refractivity contribution in [3.8, 4) is 6.07 Å². The van der Waals surface area contributed by atoms with Crippen molar-refractivity contribution in [2.24, 2.45) is 5.73 Å². The molecule has 1 aromatic carbocycles. The molecule has 23 heavy (non-hydrogen) atoms. The summed E-state index contributed by atoms with van der Waals surface area (Å²) >= 11 is 1.53. The molecular formula is C17H19N5S. The van der Waals surface area contributed by atoms with Gasteiger partial charge in [0, 0.05) is 12.0 Å². The van der Waals surface area contributed by atoms with E-state index in [1.54, 1.807) is 0 Å². The molecule has 0 radical (unpaired) electrons. The molecule has 0 aromatic heterocycles. The van der Waals surface area contributed by atoms with Crippen LogP contribution in [0.5, 0.6) is 0 Å². The van der Waals surface area contributed by atoms with Gasteiger partial charge in [0.1, 0.15) is 17.9 Å². The van der Waals surface area contributed by atoms with Crippen LogP contribution in [0.4, 0.5) is 0 Å². The topological polar surface area (TPSA) is 77.1 Å². The van der Waals surface area contributed by atoms with Gasteiger partial charge in [-0.3, -0.25) is 10.6 Å². The van der Waals surface area contributed by atoms with E-state index in [9.17, 15) is 5.26 Å². The van der Waals surface area contributed by atoms with Crippen molar-refractivity contribution in [2.75, 3.05) is 13.6 Å². The minimum absolute atomic E-state index is 0.283. The van der Waals surface area contributed by atoms with Crippen molar-refractivity contribution < 1.29 is 0 Å². The lowest BCUT2D eigenvalue weighted by molar-refractivity contribution is 0.230. The Hall–Kier alpha value is -2.20. The Morgan fingerprint density at radius 1 is 1.39 bits per heavy atom. The van der Waals surface area contributed by atoms with Gasteiger partial charge in [0.05, 0.1) is 16.4 Å². The summed E-state index contributed by atoms with van der Waals surface area (Å²) in [7, 11) is 1.93. The molecule has 0 bridgehead atoms. The van der Waals surface area contributed by atoms with E-state index in [0.717, 1.165) is 22.0 Å². The normalized spacial score (nSPS) is 23.3. The van der Waals surface area contributed by atoms with Gasteiger partial charge in [-0.2, -0.15) is 5.26 Å². The van der Waals surface area contributed by atoms with Crippen LogP contribution in [0.15, 0.2) is 52.0 Å². The molecule has 0 saturated carbocycles. The first kappa shape index (κ1) is 15.7. The minimum atomic E-state index is -0.283. The number of allylic oxidation sites excluding steroid dienone is 1. The second kappa shape index (κ2) is 6.50. The Balaban J connectivity index is 1.83. The predicted octanol–water partition coefficient (Wildman–Crippen LogP) is 2.03. The molecule has 0 spiro atoms. The second-order valence-electron chi connectivity index (χ2n) is 5.60. The van der Waals surface area contributed by atoms with E-state index < -0.39 is 0 Å². The molecule has 1 unspecified atom stereocenters. The number of thioether (sulfide) groups is 1. The molecule has 2 aliphatic heterocycles. The molecule has 6 heteroatoms. The third kappa shape index (κ3) is 3.27. The van der Waals surface area contributed by atoms with Crippen molar-refractivity contribution in [3.63, 3.8) is 0 Å². The van der Waals surface area contributed by atoms with Crippen LogP contribution in [0.3, 0.4) is 0 Å². The van der Waals surface area contributed by atoms with E-state index in [1.165, 1.54) is 17.3 Å². The van der Waals surface area contributed by atoms with Gasteiger partial charge in [0.2, 0.25) is 0 Å². The summed E-state index contributed by atoms with van der Waals surface area (Å²) in [5.74, 6) is 0. The zero-order valence-electron chi connectivity index (χ0n) is 13.1. The Kier molecular flexibility index (Phi) is 4.44. The van der Waals surface area contributed by atoms with E-state index in [0.29, 0.717) is 12.1 Å². The van der Waals surface area contributed by atoms with Gasteiger partial charge < -0.3 is 10.6 Å². The van der Waals surface area contributed by atoms with E-state index in [1.807, 2.05) is 23.4 Å². The average Bonchev–Trinajstić information content (AvgIpc) is 3.02. The highest BCUT2D eigenvalue weighted by molar-refractivity contribution is 8.06. The van der Waals surface area contributed by atoms with Crippen LogP contribution in [0.1, 0.15) is 11.1 Å². The number of rotatable bonds is 2. The van der Waals surface area contributed by atoms with Crippen molar-refractivity contribution >= 4 is 17.5 Å². The van der Waals surface area contributed by atoms with Gasteiger partial charge in [-0.15, -0.1) is 0 Å². The quantitative estimate of drug-likeness (QED) is 0.722. The van der Waals surface area contributed by atoms with Gasteiger partial charge in [-0.1, -0.05) is 41.6 Å². The highest BCUT2D eigenvalue weighted by Crippen LogP contribution is 2.33. The molecule has 2 aliphatic rings. The Labute approximate surface area is 140 Å². The zero-order chi connectivity index (χ0) is 16.4. The standard InChI is InChI=1S/C17H19N5S/c1-11-3-5-12(6-4-11)15-10-23-16(20-15)13(9-18)14-7-8-22(2)17(19)21-14/h3-7,10,17,20-21H,8,19H2,1-2H3/b16-13-. The molecule has 4 N–H and O–H groups in total. The lowest BCUT2D eigenvalue weighted by atomic mass is 10.1. The highest BCUT2D eigenvalue weighted by Gasteiger charge is 2.23. The summed E-state index contributed by atoms with van der Waals surface area (Å²) in [4.78, 5) is 1.97. The van der Waals surface area contributed by atoms with Crippen molar-refractivity contribution in [1.82, 2.24) is 15.5 Å². The van der Waals surface area contributed by atoms with Gasteiger partial charge in [0.15, 0.2) is 0 Å². The number of hydrogen-bond donors (Lipinski definition) is 3. The largest absolute Gasteiger partial charge is 0.357 e. The van der Waals surface area contributed by atoms with Crippen molar-refractivity contribution in [2.45, 2.75) is 13.2 Å². The van der Waals surface area contributed by atoms with E-state index in [4.69, 9.17) is 5.73 Å². The monoisotopic (exact) mass is 325 g/mol. The summed E-state index contributed by atoms with van der Waals surface area (Å²) in [5.41, 5.74) is 10.7. The molecule has 118 valence electrons. The Morgan fingerprint density at radius 2 is 2.13 bits per heavy atom. The molecule has 0 aliphatic carbocycles. The summed E-state index contributed by atoms with van der Waals surface area (Å²) in [6.45, 7) is 2.78. The fourth-order valence-corrected chi connectivity index (χ4v) is 3.25. The number of nitrogens with one attached hydrogen (secondary N) is 2. The zero-order valence-corrected chi connectivity index (χ0v) is 13.9. The smallest absolute Gasteiger partial charge is 0.132 e. The first-order valence-electron chi connectivity index (χ1n) is 7.36. The fraction of sp³-hybridized carbons (Fsp3) is 0.235. The summed E-state index contributed by atoms with van der Waals surface area (Å²) < 4.78 is 0. The molecule has 0 fully saturated rings. The van der Waals surface area contributed by atoms with Crippen LogP contribution >= 0.6 is 11.8 Å². The number of nitrogens with zero attached hydrogens (tertiary/aromatic N) is 2. The molecule has 2 heterocycles. The van der Waals surface area contributed by atoms with E-state index >= 15 is 0 Å². The maximum atomic E-state index is 9.56. The van der Waals surface area contributed by atoms with Crippen LogP contribution in [0, 0.1) is 18.3 Å². The van der Waals surface area contributed by atoms with Crippen molar-refractivity contribution in [1.29, 1.82) is 5.26 Å². The van der Waals surface area contributed by atoms with Gasteiger partial charge in [-0.05, 0) is 25.6 Å². The summed E-state index contributed by atoms with van der Waals surface area (Å²) in [6, 6.07) is 10.6. The Bertz CT molecular complexity index is 739. The van der Waals surface area contributed by atoms with Crippen molar-refractivity contribution in [3.05, 3.63) is 63.2 Å². The molecule has 0 saturated heterocycles. The number of benzene rings is 1. The van der Waals surface area contributed by atoms with Crippen LogP contribution in [0.25, 0.3) is 5.70 Å². The maximum Gasteiger partial charge on any atom is 0.132 e. The first-order chi connectivity index (χ1) is 11.1. The van der Waals surface area contributed by atoms with Crippen LogP contribution in [0.2, 0.25) is 0 Å². The van der Waals surface area contributed by atoms with E-state index in [2.05, 4.69) is 47.9 Å². The summed E-state index contributed by atoms with van der Waals surface area (Å²) in [6.07, 6.45) is 1.70. The maximum absolute atomic E-state index is 9.56. The summed E-state index contributed by atoms with van der Waals surface area (Å²) in [5, 5.41) is 18.9. The number of nitrogens with two attached hydrogens (primary N) is 1. The number of nitriles is 1. The number of likely N-dealkylation sites (N-methyl/N-ethyl adjacent to an activating group) is 1. The molecular weight excluding hydrogens is 306 g/mol. The predicted molar refractivity (Wildman–Crippen MR) is 94.3 cm³/mol. The minimum Gasteiger partial charge on any atom is -0.357 e. The fourth-order valence-electron chi connectivity index (χ4n) is 2.38.